The molecule has 3 aromatic rings. The molecule has 0 unspecified atom stereocenters. The van der Waals surface area contributed by atoms with E-state index in [1.54, 1.807) is 18.5 Å². The molecule has 4 heteroatoms. The SMILES string of the molecule is CN(C)c1ccc(-c2cnc3[nH]c[c]c3c2)cc1O. The zero-order chi connectivity index (χ0) is 13.4. The molecule has 2 N–H and O–H groups in total. The van der Waals surface area contributed by atoms with Crippen molar-refractivity contribution in [3.05, 3.63) is 42.7 Å². The third kappa shape index (κ3) is 2.01. The Hall–Kier alpha value is -2.49. The number of hydrogen-bond acceptors (Lipinski definition) is 3. The monoisotopic (exact) mass is 252 g/mol. The number of benzene rings is 1. The number of rotatable bonds is 2. The van der Waals surface area contributed by atoms with Crippen molar-refractivity contribution in [3.8, 4) is 16.9 Å². The number of pyridine rings is 1. The maximum Gasteiger partial charge on any atom is 0.139 e. The minimum absolute atomic E-state index is 0.264. The molecule has 0 spiro atoms. The van der Waals surface area contributed by atoms with Gasteiger partial charge in [0.25, 0.3) is 0 Å². The number of phenolic OH excluding ortho intramolecular Hbond substituents is 1. The van der Waals surface area contributed by atoms with Gasteiger partial charge in [-0.15, -0.1) is 0 Å². The van der Waals surface area contributed by atoms with E-state index in [2.05, 4.69) is 16.0 Å². The number of fused-ring (bicyclic) bond motifs is 1. The second kappa shape index (κ2) is 4.31. The molecule has 0 saturated carbocycles. The van der Waals surface area contributed by atoms with Gasteiger partial charge >= 0.3 is 0 Å². The molecular formula is C15H14N3O. The molecule has 0 saturated heterocycles. The smallest absolute Gasteiger partial charge is 0.139 e. The Morgan fingerprint density at radius 3 is 2.79 bits per heavy atom. The van der Waals surface area contributed by atoms with Crippen LogP contribution in [0.5, 0.6) is 5.75 Å². The van der Waals surface area contributed by atoms with Gasteiger partial charge in [-0.05, 0) is 23.8 Å². The van der Waals surface area contributed by atoms with Crippen LogP contribution in [0, 0.1) is 6.07 Å². The summed E-state index contributed by atoms with van der Waals surface area (Å²) >= 11 is 0. The molecule has 2 aromatic heterocycles. The van der Waals surface area contributed by atoms with E-state index in [1.807, 2.05) is 37.2 Å². The lowest BCUT2D eigenvalue weighted by molar-refractivity contribution is 0.476. The molecule has 0 aliphatic carbocycles. The van der Waals surface area contributed by atoms with E-state index in [0.717, 1.165) is 27.8 Å². The molecule has 1 aromatic carbocycles. The molecule has 0 atom stereocenters. The van der Waals surface area contributed by atoms with Crippen molar-refractivity contribution in [1.29, 1.82) is 0 Å². The lowest BCUT2D eigenvalue weighted by Gasteiger charge is -2.15. The second-order valence-electron chi connectivity index (χ2n) is 4.65. The van der Waals surface area contributed by atoms with Gasteiger partial charge in [-0.3, -0.25) is 0 Å². The van der Waals surface area contributed by atoms with Gasteiger partial charge in [-0.25, -0.2) is 4.98 Å². The Labute approximate surface area is 111 Å². The zero-order valence-corrected chi connectivity index (χ0v) is 10.8. The maximum atomic E-state index is 10.0. The van der Waals surface area contributed by atoms with Crippen molar-refractivity contribution in [2.24, 2.45) is 0 Å². The van der Waals surface area contributed by atoms with Crippen LogP contribution in [0.25, 0.3) is 22.2 Å². The van der Waals surface area contributed by atoms with Crippen LogP contribution in [0.15, 0.2) is 36.7 Å². The van der Waals surface area contributed by atoms with Gasteiger partial charge < -0.3 is 15.0 Å². The molecule has 0 amide bonds. The molecule has 1 radical (unpaired) electrons. The Bertz CT molecular complexity index is 731. The van der Waals surface area contributed by atoms with Crippen LogP contribution in [0.2, 0.25) is 0 Å². The highest BCUT2D eigenvalue weighted by Crippen LogP contribution is 2.31. The maximum absolute atomic E-state index is 10.0. The zero-order valence-electron chi connectivity index (χ0n) is 10.8. The standard InChI is InChI=1S/C15H14N3O/c1-18(2)13-4-3-10(8-14(13)19)12-7-11-5-6-16-15(11)17-9-12/h3-4,6-9,19H,1-2H3,(H,16,17). The molecule has 4 nitrogen and oxygen atoms in total. The lowest BCUT2D eigenvalue weighted by atomic mass is 10.1. The van der Waals surface area contributed by atoms with Gasteiger partial charge in [0, 0.05) is 43.5 Å². The van der Waals surface area contributed by atoms with E-state index >= 15 is 0 Å². The summed E-state index contributed by atoms with van der Waals surface area (Å²) in [5.41, 5.74) is 3.51. The average Bonchev–Trinajstić information content (AvgIpc) is 2.85. The van der Waals surface area contributed by atoms with E-state index in [-0.39, 0.29) is 5.75 Å². The quantitative estimate of drug-likeness (QED) is 0.737. The fourth-order valence-corrected chi connectivity index (χ4v) is 2.11. The number of aromatic amines is 1. The van der Waals surface area contributed by atoms with E-state index in [9.17, 15) is 5.11 Å². The fourth-order valence-electron chi connectivity index (χ4n) is 2.11. The fraction of sp³-hybridized carbons (Fsp3) is 0.133. The summed E-state index contributed by atoms with van der Waals surface area (Å²) in [4.78, 5) is 9.21. The van der Waals surface area contributed by atoms with Gasteiger partial charge in [-0.2, -0.15) is 0 Å². The van der Waals surface area contributed by atoms with Crippen LogP contribution in [0.1, 0.15) is 0 Å². The molecule has 0 fully saturated rings. The highest BCUT2D eigenvalue weighted by Gasteiger charge is 2.07. The summed E-state index contributed by atoms with van der Waals surface area (Å²) < 4.78 is 0. The predicted octanol–water partition coefficient (Wildman–Crippen LogP) is 2.80. The first-order valence-electron chi connectivity index (χ1n) is 6.00. The summed E-state index contributed by atoms with van der Waals surface area (Å²) in [5, 5.41) is 11.0. The highest BCUT2D eigenvalue weighted by molar-refractivity contribution is 5.81. The molecule has 3 rings (SSSR count). The van der Waals surface area contributed by atoms with Crippen LogP contribution in [-0.2, 0) is 0 Å². The molecule has 19 heavy (non-hydrogen) atoms. The number of phenols is 1. The molecular weight excluding hydrogens is 238 g/mol. The second-order valence-corrected chi connectivity index (χ2v) is 4.65. The Balaban J connectivity index is 2.08. The van der Waals surface area contributed by atoms with E-state index in [0.29, 0.717) is 0 Å². The minimum atomic E-state index is 0.264. The first-order valence-corrected chi connectivity index (χ1v) is 6.00. The third-order valence-electron chi connectivity index (χ3n) is 3.11. The molecule has 95 valence electrons. The van der Waals surface area contributed by atoms with Crippen LogP contribution >= 0.6 is 0 Å². The molecule has 0 aliphatic rings. The first kappa shape index (κ1) is 11.6. The van der Waals surface area contributed by atoms with Crippen molar-refractivity contribution in [1.82, 2.24) is 9.97 Å². The third-order valence-corrected chi connectivity index (χ3v) is 3.11. The summed E-state index contributed by atoms with van der Waals surface area (Å²) in [7, 11) is 3.80. The highest BCUT2D eigenvalue weighted by atomic mass is 16.3. The van der Waals surface area contributed by atoms with Crippen molar-refractivity contribution in [2.45, 2.75) is 0 Å². The summed E-state index contributed by atoms with van der Waals surface area (Å²) in [6.07, 6.45) is 3.53. The number of aromatic hydroxyl groups is 1. The number of anilines is 1. The normalized spacial score (nSPS) is 10.8. The number of nitrogens with one attached hydrogen (secondary N) is 1. The van der Waals surface area contributed by atoms with Gasteiger partial charge in [0.05, 0.1) is 5.69 Å². The Morgan fingerprint density at radius 2 is 2.05 bits per heavy atom. The van der Waals surface area contributed by atoms with Gasteiger partial charge in [-0.1, -0.05) is 6.07 Å². The molecule has 2 heterocycles. The van der Waals surface area contributed by atoms with Gasteiger partial charge in [0.2, 0.25) is 0 Å². The van der Waals surface area contributed by atoms with Crippen molar-refractivity contribution in [2.75, 3.05) is 19.0 Å². The van der Waals surface area contributed by atoms with E-state index in [1.165, 1.54) is 0 Å². The van der Waals surface area contributed by atoms with Crippen molar-refractivity contribution in [3.63, 3.8) is 0 Å². The summed E-state index contributed by atoms with van der Waals surface area (Å²) in [6.45, 7) is 0. The van der Waals surface area contributed by atoms with Crippen LogP contribution < -0.4 is 4.90 Å². The molecule has 0 aliphatic heterocycles. The number of H-pyrrole nitrogens is 1. The van der Waals surface area contributed by atoms with Gasteiger partial charge in [0.1, 0.15) is 11.4 Å². The largest absolute Gasteiger partial charge is 0.506 e. The first-order chi connectivity index (χ1) is 9.15. The van der Waals surface area contributed by atoms with E-state index < -0.39 is 0 Å². The van der Waals surface area contributed by atoms with Crippen LogP contribution in [-0.4, -0.2) is 29.2 Å². The van der Waals surface area contributed by atoms with Crippen LogP contribution in [0.3, 0.4) is 0 Å². The number of nitrogens with zero attached hydrogens (tertiary/aromatic N) is 2. The van der Waals surface area contributed by atoms with Crippen molar-refractivity contribution >= 4 is 16.7 Å². The average molecular weight is 252 g/mol. The summed E-state index contributed by atoms with van der Waals surface area (Å²) in [5.74, 6) is 0.264. The lowest BCUT2D eigenvalue weighted by Crippen LogP contribution is -2.08. The summed E-state index contributed by atoms with van der Waals surface area (Å²) in [6, 6.07) is 10.7. The topological polar surface area (TPSA) is 52.2 Å². The minimum Gasteiger partial charge on any atom is -0.506 e. The number of hydrogen-bond donors (Lipinski definition) is 2. The Kier molecular flexibility index (Phi) is 2.63. The van der Waals surface area contributed by atoms with Crippen molar-refractivity contribution < 1.29 is 5.11 Å². The predicted molar refractivity (Wildman–Crippen MR) is 76.4 cm³/mol. The van der Waals surface area contributed by atoms with Gasteiger partial charge in [0.15, 0.2) is 0 Å². The van der Waals surface area contributed by atoms with E-state index in [4.69, 9.17) is 0 Å². The van der Waals surface area contributed by atoms with Crippen LogP contribution in [0.4, 0.5) is 5.69 Å². The number of aromatic nitrogens is 2. The Morgan fingerprint density at radius 1 is 1.21 bits per heavy atom. The molecule has 0 bridgehead atoms.